The number of hydrogen-bond donors (Lipinski definition) is 1. The van der Waals surface area contributed by atoms with Crippen LogP contribution in [0.4, 0.5) is 0 Å². The molecule has 7 heteroatoms. The molecule has 3 heterocycles. The van der Waals surface area contributed by atoms with Gasteiger partial charge in [0.1, 0.15) is 11.2 Å². The first-order valence-corrected chi connectivity index (χ1v) is 11.7. The summed E-state index contributed by atoms with van der Waals surface area (Å²) in [6, 6.07) is 11.2. The Morgan fingerprint density at radius 1 is 1.25 bits per heavy atom. The van der Waals surface area contributed by atoms with Crippen LogP contribution in [0.2, 0.25) is 5.02 Å². The summed E-state index contributed by atoms with van der Waals surface area (Å²) in [7, 11) is 0. The van der Waals surface area contributed by atoms with Crippen LogP contribution in [-0.4, -0.2) is 32.9 Å². The molecule has 32 heavy (non-hydrogen) atoms. The van der Waals surface area contributed by atoms with Gasteiger partial charge in [0.15, 0.2) is 5.58 Å². The number of amides is 2. The lowest BCUT2D eigenvalue weighted by Crippen LogP contribution is -2.65. The quantitative estimate of drug-likeness (QED) is 0.604. The minimum absolute atomic E-state index is 0.118. The Morgan fingerprint density at radius 2 is 2.03 bits per heavy atom. The first-order valence-electron chi connectivity index (χ1n) is 11.3. The summed E-state index contributed by atoms with van der Waals surface area (Å²) < 4.78 is 7.45. The number of carbonyl (C=O) groups excluding carboxylic acids is 2. The highest BCUT2D eigenvalue weighted by Gasteiger charge is 2.48. The highest BCUT2D eigenvalue weighted by Crippen LogP contribution is 2.35. The van der Waals surface area contributed by atoms with E-state index in [9.17, 15) is 9.59 Å². The Hall–Kier alpha value is -2.73. The average molecular weight is 454 g/mol. The Labute approximate surface area is 192 Å². The molecule has 0 radical (unpaired) electrons. The van der Waals surface area contributed by atoms with E-state index in [4.69, 9.17) is 16.0 Å². The first kappa shape index (κ1) is 21.1. The van der Waals surface area contributed by atoms with Crippen molar-refractivity contribution in [2.24, 2.45) is 5.92 Å². The molecule has 3 unspecified atom stereocenters. The van der Waals surface area contributed by atoms with Gasteiger partial charge in [0.25, 0.3) is 5.91 Å². The lowest BCUT2D eigenvalue weighted by Gasteiger charge is -2.45. The second-order valence-corrected chi connectivity index (χ2v) is 9.79. The molecule has 3 atom stereocenters. The van der Waals surface area contributed by atoms with E-state index in [1.807, 2.05) is 41.8 Å². The van der Waals surface area contributed by atoms with Gasteiger partial charge in [-0.2, -0.15) is 0 Å². The van der Waals surface area contributed by atoms with Crippen molar-refractivity contribution in [1.29, 1.82) is 0 Å². The average Bonchev–Trinajstić information content (AvgIpc) is 3.36. The van der Waals surface area contributed by atoms with E-state index in [1.165, 1.54) is 6.42 Å². The molecule has 5 rings (SSSR count). The van der Waals surface area contributed by atoms with Crippen LogP contribution in [0.1, 0.15) is 55.6 Å². The topological polar surface area (TPSA) is 67.5 Å². The van der Waals surface area contributed by atoms with Crippen LogP contribution >= 0.6 is 11.6 Å². The monoisotopic (exact) mass is 453 g/mol. The number of hydrogen-bond acceptors (Lipinski definition) is 3. The van der Waals surface area contributed by atoms with Gasteiger partial charge in [-0.1, -0.05) is 49.6 Å². The predicted molar refractivity (Wildman–Crippen MR) is 123 cm³/mol. The zero-order chi connectivity index (χ0) is 22.5. The fourth-order valence-electron chi connectivity index (χ4n) is 5.17. The van der Waals surface area contributed by atoms with Crippen molar-refractivity contribution in [2.45, 2.75) is 64.2 Å². The summed E-state index contributed by atoms with van der Waals surface area (Å²) in [5.41, 5.74) is 1.76. The normalized spacial score (nSPS) is 25.7. The van der Waals surface area contributed by atoms with Crippen molar-refractivity contribution in [3.8, 4) is 0 Å². The van der Waals surface area contributed by atoms with Crippen LogP contribution in [0.3, 0.4) is 0 Å². The van der Waals surface area contributed by atoms with Crippen LogP contribution in [0.5, 0.6) is 0 Å². The Balaban J connectivity index is 1.54. The van der Waals surface area contributed by atoms with Crippen LogP contribution in [-0.2, 0) is 17.9 Å². The van der Waals surface area contributed by atoms with Crippen molar-refractivity contribution in [3.05, 3.63) is 58.9 Å². The lowest BCUT2D eigenvalue weighted by molar-refractivity contribution is -0.134. The number of furan rings is 1. The summed E-state index contributed by atoms with van der Waals surface area (Å²) in [6.45, 7) is 4.67. The maximum Gasteiger partial charge on any atom is 0.271 e. The van der Waals surface area contributed by atoms with Gasteiger partial charge in [0.05, 0.1) is 18.3 Å². The van der Waals surface area contributed by atoms with Gasteiger partial charge in [-0.25, -0.2) is 0 Å². The molecule has 0 saturated heterocycles. The van der Waals surface area contributed by atoms with Crippen molar-refractivity contribution in [1.82, 2.24) is 14.8 Å². The molecule has 1 aliphatic carbocycles. The molecule has 0 bridgehead atoms. The summed E-state index contributed by atoms with van der Waals surface area (Å²) in [6.07, 6.45) is 6.02. The highest BCUT2D eigenvalue weighted by atomic mass is 35.5. The summed E-state index contributed by atoms with van der Waals surface area (Å²) in [5.74, 6) is 0.111. The summed E-state index contributed by atoms with van der Waals surface area (Å²) in [4.78, 5) is 29.2. The fraction of sp³-hybridized carbons (Fsp3) is 0.440. The second-order valence-electron chi connectivity index (χ2n) is 9.38. The van der Waals surface area contributed by atoms with Crippen LogP contribution < -0.4 is 5.32 Å². The molecular weight excluding hydrogens is 426 g/mol. The molecule has 2 aromatic heterocycles. The Kier molecular flexibility index (Phi) is 5.28. The number of rotatable bonds is 4. The van der Waals surface area contributed by atoms with Gasteiger partial charge in [-0.3, -0.25) is 9.59 Å². The zero-order valence-corrected chi connectivity index (χ0v) is 19.2. The number of nitrogens with zero attached hydrogens (tertiary/aromatic N) is 2. The standard InChI is InChI=1S/C25H28ClN3O3/c1-16-7-3-6-10-19(16)27-24(31)25(2)15-28-20-11-12-32-22(20)13-21(28)23(30)29(25)14-17-8-4-5-9-18(17)26/h4-5,8-9,11-13,16,19H,3,6-7,10,14-15H2,1-2H3,(H,27,31). The maximum atomic E-state index is 13.8. The lowest BCUT2D eigenvalue weighted by atomic mass is 9.85. The number of halogens is 1. The largest absolute Gasteiger partial charge is 0.463 e. The van der Waals surface area contributed by atoms with Gasteiger partial charge in [-0.15, -0.1) is 0 Å². The number of nitrogens with one attached hydrogen (secondary N) is 1. The molecule has 1 saturated carbocycles. The van der Waals surface area contributed by atoms with E-state index in [0.717, 1.165) is 30.3 Å². The Morgan fingerprint density at radius 3 is 2.81 bits per heavy atom. The van der Waals surface area contributed by atoms with E-state index >= 15 is 0 Å². The van der Waals surface area contributed by atoms with Gasteiger partial charge < -0.3 is 19.2 Å². The maximum absolute atomic E-state index is 13.8. The van der Waals surface area contributed by atoms with Crippen LogP contribution in [0, 0.1) is 5.92 Å². The third-order valence-corrected chi connectivity index (χ3v) is 7.62. The number of benzene rings is 1. The van der Waals surface area contributed by atoms with Crippen molar-refractivity contribution in [3.63, 3.8) is 0 Å². The summed E-state index contributed by atoms with van der Waals surface area (Å²) in [5, 5.41) is 3.87. The molecule has 3 aromatic rings. The number of fused-ring (bicyclic) bond motifs is 3. The molecule has 1 fully saturated rings. The molecule has 1 aliphatic heterocycles. The van der Waals surface area contributed by atoms with E-state index in [2.05, 4.69) is 12.2 Å². The van der Waals surface area contributed by atoms with Crippen molar-refractivity contribution < 1.29 is 14.0 Å². The Bertz CT molecular complexity index is 1180. The molecule has 0 spiro atoms. The van der Waals surface area contributed by atoms with Gasteiger partial charge in [-0.05, 0) is 37.3 Å². The molecule has 2 amide bonds. The predicted octanol–water partition coefficient (Wildman–Crippen LogP) is 5.00. The summed E-state index contributed by atoms with van der Waals surface area (Å²) >= 11 is 6.43. The third kappa shape index (κ3) is 3.41. The third-order valence-electron chi connectivity index (χ3n) is 7.25. The van der Waals surface area contributed by atoms with Crippen LogP contribution in [0.15, 0.2) is 47.1 Å². The van der Waals surface area contributed by atoms with Crippen molar-refractivity contribution >= 4 is 34.5 Å². The molecular formula is C25H28ClN3O3. The minimum atomic E-state index is -1.07. The number of aromatic nitrogens is 1. The molecule has 1 aromatic carbocycles. The van der Waals surface area contributed by atoms with Crippen LogP contribution in [0.25, 0.3) is 11.1 Å². The SMILES string of the molecule is CC1CCCCC1NC(=O)C1(C)Cn2c(cc3occc32)C(=O)N1Cc1ccccc1Cl. The molecule has 1 N–H and O–H groups in total. The fourth-order valence-corrected chi connectivity index (χ4v) is 5.37. The zero-order valence-electron chi connectivity index (χ0n) is 18.4. The van der Waals surface area contributed by atoms with Gasteiger partial charge in [0.2, 0.25) is 5.91 Å². The molecule has 168 valence electrons. The highest BCUT2D eigenvalue weighted by molar-refractivity contribution is 6.31. The minimum Gasteiger partial charge on any atom is -0.463 e. The van der Waals surface area contributed by atoms with Crippen molar-refractivity contribution in [2.75, 3.05) is 0 Å². The number of carbonyl (C=O) groups is 2. The smallest absolute Gasteiger partial charge is 0.271 e. The molecule has 6 nitrogen and oxygen atoms in total. The van der Waals surface area contributed by atoms with E-state index in [-0.39, 0.29) is 24.4 Å². The second kappa shape index (κ2) is 8.00. The van der Waals surface area contributed by atoms with E-state index in [1.54, 1.807) is 17.2 Å². The first-order chi connectivity index (χ1) is 15.4. The van der Waals surface area contributed by atoms with Gasteiger partial charge >= 0.3 is 0 Å². The van der Waals surface area contributed by atoms with E-state index in [0.29, 0.717) is 28.8 Å². The molecule has 2 aliphatic rings. The van der Waals surface area contributed by atoms with Gasteiger partial charge in [0, 0.05) is 29.7 Å². The van der Waals surface area contributed by atoms with E-state index < -0.39 is 5.54 Å².